The molecule has 1 N–H and O–H groups in total. The molecule has 2 heterocycles. The number of nitrogens with one attached hydrogen (secondary N) is 1. The number of hydrogen-bond donors (Lipinski definition) is 1. The summed E-state index contributed by atoms with van der Waals surface area (Å²) in [4.78, 5) is 26.4. The fourth-order valence-corrected chi connectivity index (χ4v) is 4.46. The van der Waals surface area contributed by atoms with Gasteiger partial charge < -0.3 is 10.2 Å². The predicted octanol–water partition coefficient (Wildman–Crippen LogP) is 2.36. The molecule has 2 aliphatic rings. The lowest BCUT2D eigenvalue weighted by atomic mass is 9.92. The van der Waals surface area contributed by atoms with Crippen LogP contribution < -0.4 is 5.32 Å². The molecule has 23 heavy (non-hydrogen) atoms. The zero-order valence-electron chi connectivity index (χ0n) is 13.1. The van der Waals surface area contributed by atoms with Crippen molar-refractivity contribution in [3.05, 3.63) is 35.6 Å². The average Bonchev–Trinajstić information content (AvgIpc) is 2.85. The number of amides is 2. The minimum absolute atomic E-state index is 0.0440. The van der Waals surface area contributed by atoms with Gasteiger partial charge in [0.25, 0.3) is 0 Å². The largest absolute Gasteiger partial charge is 0.352 e. The zero-order chi connectivity index (χ0) is 16.4. The van der Waals surface area contributed by atoms with Crippen molar-refractivity contribution in [3.8, 4) is 0 Å². The third-order valence-electron chi connectivity index (χ3n) is 4.64. The molecule has 0 radical (unpaired) electrons. The van der Waals surface area contributed by atoms with Gasteiger partial charge in [0.15, 0.2) is 0 Å². The van der Waals surface area contributed by atoms with Gasteiger partial charge in [-0.2, -0.15) is 11.8 Å². The van der Waals surface area contributed by atoms with E-state index < -0.39 is 5.92 Å². The number of likely N-dealkylation sites (tertiary alicyclic amines) is 1. The summed E-state index contributed by atoms with van der Waals surface area (Å²) in [7, 11) is 1.71. The average molecular weight is 336 g/mol. The second-order valence-corrected chi connectivity index (χ2v) is 7.38. The van der Waals surface area contributed by atoms with Crippen LogP contribution in [0.4, 0.5) is 4.39 Å². The van der Waals surface area contributed by atoms with Crippen LogP contribution in [0.2, 0.25) is 0 Å². The first kappa shape index (κ1) is 16.3. The summed E-state index contributed by atoms with van der Waals surface area (Å²) in [5, 5.41) is 3.10. The van der Waals surface area contributed by atoms with Gasteiger partial charge in [0.05, 0.1) is 12.0 Å². The van der Waals surface area contributed by atoms with E-state index in [-0.39, 0.29) is 36.1 Å². The molecule has 3 rings (SSSR count). The van der Waals surface area contributed by atoms with Crippen molar-refractivity contribution in [1.82, 2.24) is 10.2 Å². The molecule has 2 aliphatic heterocycles. The Morgan fingerprint density at radius 2 is 2.09 bits per heavy atom. The van der Waals surface area contributed by atoms with Crippen molar-refractivity contribution in [3.63, 3.8) is 0 Å². The van der Waals surface area contributed by atoms with E-state index in [4.69, 9.17) is 0 Å². The van der Waals surface area contributed by atoms with Gasteiger partial charge in [0.1, 0.15) is 5.82 Å². The third-order valence-corrected chi connectivity index (χ3v) is 5.86. The number of rotatable bonds is 3. The van der Waals surface area contributed by atoms with Gasteiger partial charge in [-0.15, -0.1) is 0 Å². The van der Waals surface area contributed by atoms with E-state index in [9.17, 15) is 14.0 Å². The first-order valence-corrected chi connectivity index (χ1v) is 9.11. The molecular formula is C17H21FN2O2S. The third kappa shape index (κ3) is 3.52. The lowest BCUT2D eigenvalue weighted by molar-refractivity contribution is -0.128. The highest BCUT2D eigenvalue weighted by Gasteiger charge is 2.43. The maximum Gasteiger partial charge on any atom is 0.226 e. The Hall–Kier alpha value is -1.56. The molecule has 6 heteroatoms. The van der Waals surface area contributed by atoms with E-state index in [0.29, 0.717) is 0 Å². The lowest BCUT2D eigenvalue weighted by Gasteiger charge is -2.28. The number of thioether (sulfide) groups is 1. The molecule has 3 atom stereocenters. The van der Waals surface area contributed by atoms with Crippen LogP contribution in [0.15, 0.2) is 24.3 Å². The molecule has 4 nitrogen and oxygen atoms in total. The van der Waals surface area contributed by atoms with E-state index in [2.05, 4.69) is 5.32 Å². The Kier molecular flexibility index (Phi) is 4.90. The molecule has 2 saturated heterocycles. The van der Waals surface area contributed by atoms with Crippen molar-refractivity contribution < 1.29 is 14.0 Å². The highest BCUT2D eigenvalue weighted by Crippen LogP contribution is 2.37. The molecule has 1 aromatic rings. The molecule has 3 unspecified atom stereocenters. The molecule has 2 fully saturated rings. The summed E-state index contributed by atoms with van der Waals surface area (Å²) >= 11 is 1.85. The van der Waals surface area contributed by atoms with E-state index in [0.717, 1.165) is 29.9 Å². The van der Waals surface area contributed by atoms with E-state index in [1.54, 1.807) is 24.1 Å². The minimum atomic E-state index is -0.412. The Morgan fingerprint density at radius 3 is 2.74 bits per heavy atom. The minimum Gasteiger partial charge on any atom is -0.352 e. The molecule has 0 bridgehead atoms. The smallest absolute Gasteiger partial charge is 0.226 e. The van der Waals surface area contributed by atoms with Gasteiger partial charge in [-0.25, -0.2) is 4.39 Å². The van der Waals surface area contributed by atoms with Gasteiger partial charge in [-0.1, -0.05) is 12.1 Å². The summed E-state index contributed by atoms with van der Waals surface area (Å²) in [6.07, 6.45) is 2.32. The molecule has 0 spiro atoms. The number of hydrogen-bond acceptors (Lipinski definition) is 3. The highest BCUT2D eigenvalue weighted by atomic mass is 32.2. The van der Waals surface area contributed by atoms with Crippen molar-refractivity contribution in [2.75, 3.05) is 18.6 Å². The number of carbonyl (C=O) groups is 2. The Morgan fingerprint density at radius 1 is 1.35 bits per heavy atom. The summed E-state index contributed by atoms with van der Waals surface area (Å²) in [6.45, 7) is 0. The van der Waals surface area contributed by atoms with Crippen LogP contribution in [0.1, 0.15) is 30.9 Å². The molecular weight excluding hydrogens is 315 g/mol. The molecule has 0 aromatic heterocycles. The topological polar surface area (TPSA) is 49.4 Å². The number of benzene rings is 1. The molecule has 0 aliphatic carbocycles. The van der Waals surface area contributed by atoms with Gasteiger partial charge in [0.2, 0.25) is 11.8 Å². The monoisotopic (exact) mass is 336 g/mol. The van der Waals surface area contributed by atoms with Gasteiger partial charge >= 0.3 is 0 Å². The Labute approximate surface area is 139 Å². The maximum atomic E-state index is 13.2. The van der Waals surface area contributed by atoms with E-state index >= 15 is 0 Å². The van der Waals surface area contributed by atoms with E-state index in [1.165, 1.54) is 12.1 Å². The number of halogens is 1. The standard InChI is InChI=1S/C17H21FN2O2S/c1-20-15(21)9-14(16(20)11-4-6-12(18)7-5-11)17(22)19-13-3-2-8-23-10-13/h4-7,13-14,16H,2-3,8-10H2,1H3,(H,19,22). The van der Waals surface area contributed by atoms with Crippen LogP contribution in [0.3, 0.4) is 0 Å². The maximum absolute atomic E-state index is 13.2. The van der Waals surface area contributed by atoms with Crippen LogP contribution in [-0.4, -0.2) is 41.3 Å². The number of nitrogens with zero attached hydrogens (tertiary/aromatic N) is 1. The van der Waals surface area contributed by atoms with Crippen LogP contribution >= 0.6 is 11.8 Å². The Balaban J connectivity index is 1.76. The van der Waals surface area contributed by atoms with Crippen molar-refractivity contribution in [2.24, 2.45) is 5.92 Å². The van der Waals surface area contributed by atoms with E-state index in [1.807, 2.05) is 11.8 Å². The van der Waals surface area contributed by atoms with Crippen LogP contribution in [0.5, 0.6) is 0 Å². The fraction of sp³-hybridized carbons (Fsp3) is 0.529. The fourth-order valence-electron chi connectivity index (χ4n) is 3.38. The summed E-state index contributed by atoms with van der Waals surface area (Å²) in [5.41, 5.74) is 0.804. The zero-order valence-corrected chi connectivity index (χ0v) is 13.9. The van der Waals surface area contributed by atoms with Crippen LogP contribution in [0, 0.1) is 11.7 Å². The molecule has 1 aromatic carbocycles. The van der Waals surface area contributed by atoms with Crippen molar-refractivity contribution in [1.29, 1.82) is 0 Å². The summed E-state index contributed by atoms with van der Waals surface area (Å²) < 4.78 is 13.2. The Bertz CT molecular complexity index is 587. The molecule has 2 amide bonds. The van der Waals surface area contributed by atoms with Gasteiger partial charge in [-0.3, -0.25) is 9.59 Å². The highest BCUT2D eigenvalue weighted by molar-refractivity contribution is 7.99. The summed E-state index contributed by atoms with van der Waals surface area (Å²) in [5.74, 6) is 1.24. The molecule has 124 valence electrons. The van der Waals surface area contributed by atoms with Crippen LogP contribution in [-0.2, 0) is 9.59 Å². The first-order chi connectivity index (χ1) is 11.1. The van der Waals surface area contributed by atoms with Crippen molar-refractivity contribution in [2.45, 2.75) is 31.3 Å². The lowest BCUT2D eigenvalue weighted by Crippen LogP contribution is -2.43. The van der Waals surface area contributed by atoms with Crippen molar-refractivity contribution >= 4 is 23.6 Å². The quantitative estimate of drug-likeness (QED) is 0.922. The summed E-state index contributed by atoms with van der Waals surface area (Å²) in [6, 6.07) is 5.94. The number of carbonyl (C=O) groups excluding carboxylic acids is 2. The van der Waals surface area contributed by atoms with Crippen LogP contribution in [0.25, 0.3) is 0 Å². The predicted molar refractivity (Wildman–Crippen MR) is 88.5 cm³/mol. The van der Waals surface area contributed by atoms with Gasteiger partial charge in [0, 0.05) is 25.3 Å². The second kappa shape index (κ2) is 6.91. The first-order valence-electron chi connectivity index (χ1n) is 7.95. The SMILES string of the molecule is CN1C(=O)CC(C(=O)NC2CCCSC2)C1c1ccc(F)cc1. The normalized spacial score (nSPS) is 28.0. The molecule has 0 saturated carbocycles. The second-order valence-electron chi connectivity index (χ2n) is 6.23. The van der Waals surface area contributed by atoms with Gasteiger partial charge in [-0.05, 0) is 36.3 Å².